The molecule has 0 radical (unpaired) electrons. The smallest absolute Gasteiger partial charge is 0.213 e. The highest BCUT2D eigenvalue weighted by Gasteiger charge is 2.06. The Hall–Kier alpha value is -2.60. The number of hydrogen-bond acceptors (Lipinski definition) is 4. The van der Waals surface area contributed by atoms with Crippen LogP contribution in [-0.2, 0) is 11.3 Å². The van der Waals surface area contributed by atoms with E-state index in [2.05, 4.69) is 51.8 Å². The van der Waals surface area contributed by atoms with Gasteiger partial charge in [0.05, 0.1) is 6.61 Å². The molecule has 0 aliphatic carbocycles. The Labute approximate surface area is 155 Å². The van der Waals surface area contributed by atoms with Crippen LogP contribution in [0.5, 0.6) is 5.88 Å². The van der Waals surface area contributed by atoms with Crippen LogP contribution in [0.2, 0.25) is 0 Å². The van der Waals surface area contributed by atoms with E-state index >= 15 is 0 Å². The number of aliphatic imine (C=N–C) groups is 1. The fraction of sp³-hybridized carbons (Fsp3) is 0.400. The molecule has 0 spiro atoms. The van der Waals surface area contributed by atoms with E-state index in [4.69, 9.17) is 9.47 Å². The van der Waals surface area contributed by atoms with E-state index in [1.807, 2.05) is 18.2 Å². The van der Waals surface area contributed by atoms with E-state index in [-0.39, 0.29) is 0 Å². The van der Waals surface area contributed by atoms with Gasteiger partial charge in [0.15, 0.2) is 5.96 Å². The Morgan fingerprint density at radius 1 is 1.12 bits per heavy atom. The lowest BCUT2D eigenvalue weighted by Gasteiger charge is -2.16. The molecule has 1 atom stereocenters. The predicted molar refractivity (Wildman–Crippen MR) is 105 cm³/mol. The molecule has 6 heteroatoms. The zero-order valence-corrected chi connectivity index (χ0v) is 15.7. The van der Waals surface area contributed by atoms with E-state index in [1.165, 1.54) is 5.56 Å². The number of ether oxygens (including phenoxy) is 2. The Morgan fingerprint density at radius 3 is 2.58 bits per heavy atom. The first-order chi connectivity index (χ1) is 12.7. The molecule has 0 saturated heterocycles. The summed E-state index contributed by atoms with van der Waals surface area (Å²) < 4.78 is 10.4. The van der Waals surface area contributed by atoms with Gasteiger partial charge in [-0.25, -0.2) is 4.98 Å². The number of pyridine rings is 1. The monoisotopic (exact) mass is 356 g/mol. The van der Waals surface area contributed by atoms with Crippen LogP contribution in [0.1, 0.15) is 24.0 Å². The first kappa shape index (κ1) is 19.7. The minimum absolute atomic E-state index is 0.403. The highest BCUT2D eigenvalue weighted by Crippen LogP contribution is 2.13. The van der Waals surface area contributed by atoms with Crippen LogP contribution in [0, 0.1) is 0 Å². The van der Waals surface area contributed by atoms with Crippen LogP contribution in [0.15, 0.2) is 53.7 Å². The van der Waals surface area contributed by atoms with Crippen molar-refractivity contribution >= 4 is 5.96 Å². The summed E-state index contributed by atoms with van der Waals surface area (Å²) in [6, 6.07) is 14.3. The fourth-order valence-corrected chi connectivity index (χ4v) is 2.39. The largest absolute Gasteiger partial charge is 0.475 e. The lowest BCUT2D eigenvalue weighted by molar-refractivity contribution is 0.143. The van der Waals surface area contributed by atoms with Gasteiger partial charge in [0.1, 0.15) is 6.61 Å². The average molecular weight is 356 g/mol. The summed E-state index contributed by atoms with van der Waals surface area (Å²) in [6.07, 6.45) is 1.80. The van der Waals surface area contributed by atoms with Crippen molar-refractivity contribution < 1.29 is 9.47 Å². The lowest BCUT2D eigenvalue weighted by Crippen LogP contribution is -2.38. The first-order valence-electron chi connectivity index (χ1n) is 8.79. The molecule has 2 N–H and O–H groups in total. The van der Waals surface area contributed by atoms with Gasteiger partial charge in [0.2, 0.25) is 5.88 Å². The molecule has 0 aliphatic heterocycles. The number of guanidine groups is 1. The van der Waals surface area contributed by atoms with Crippen molar-refractivity contribution in [1.82, 2.24) is 15.6 Å². The standard InChI is InChI=1S/C20H28N4O2/c1-16(18-7-5-4-6-8-18)13-23-20(21-2)24-15-17-9-10-19(22-14-17)26-12-11-25-3/h4-10,14,16H,11-13,15H2,1-3H3,(H2,21,23,24). The maximum absolute atomic E-state index is 5.46. The molecular weight excluding hydrogens is 328 g/mol. The van der Waals surface area contributed by atoms with Gasteiger partial charge in [0, 0.05) is 39.5 Å². The molecule has 6 nitrogen and oxygen atoms in total. The summed E-state index contributed by atoms with van der Waals surface area (Å²) in [5.41, 5.74) is 2.37. The third-order valence-corrected chi connectivity index (χ3v) is 3.96. The molecule has 0 bridgehead atoms. The van der Waals surface area contributed by atoms with Crippen molar-refractivity contribution in [2.45, 2.75) is 19.4 Å². The molecule has 2 aromatic rings. The Bertz CT molecular complexity index is 659. The van der Waals surface area contributed by atoms with Crippen molar-refractivity contribution in [3.05, 3.63) is 59.8 Å². The van der Waals surface area contributed by atoms with Crippen LogP contribution >= 0.6 is 0 Å². The van der Waals surface area contributed by atoms with Crippen molar-refractivity contribution in [1.29, 1.82) is 0 Å². The van der Waals surface area contributed by atoms with E-state index in [9.17, 15) is 0 Å². The zero-order chi connectivity index (χ0) is 18.6. The summed E-state index contributed by atoms with van der Waals surface area (Å²) in [5, 5.41) is 6.67. The van der Waals surface area contributed by atoms with Gasteiger partial charge in [-0.05, 0) is 17.0 Å². The molecule has 1 heterocycles. The maximum Gasteiger partial charge on any atom is 0.213 e. The minimum atomic E-state index is 0.403. The molecular formula is C20H28N4O2. The summed E-state index contributed by atoms with van der Waals surface area (Å²) in [4.78, 5) is 8.56. The second-order valence-electron chi connectivity index (χ2n) is 5.96. The summed E-state index contributed by atoms with van der Waals surface area (Å²) in [5.74, 6) is 1.78. The van der Waals surface area contributed by atoms with Crippen molar-refractivity contribution in [3.8, 4) is 5.88 Å². The number of hydrogen-bond donors (Lipinski definition) is 2. The Morgan fingerprint density at radius 2 is 1.92 bits per heavy atom. The summed E-state index contributed by atoms with van der Waals surface area (Å²) in [6.45, 7) is 4.70. The second kappa shape index (κ2) is 11.1. The number of methoxy groups -OCH3 is 1. The molecule has 0 saturated carbocycles. The van der Waals surface area contributed by atoms with Gasteiger partial charge < -0.3 is 20.1 Å². The fourth-order valence-electron chi connectivity index (χ4n) is 2.39. The average Bonchev–Trinajstić information content (AvgIpc) is 2.70. The highest BCUT2D eigenvalue weighted by atomic mass is 16.5. The molecule has 1 aromatic carbocycles. The molecule has 1 unspecified atom stereocenters. The van der Waals surface area contributed by atoms with Crippen LogP contribution < -0.4 is 15.4 Å². The normalized spacial score (nSPS) is 12.5. The molecule has 26 heavy (non-hydrogen) atoms. The first-order valence-corrected chi connectivity index (χ1v) is 8.79. The number of benzene rings is 1. The molecule has 0 amide bonds. The van der Waals surface area contributed by atoms with Gasteiger partial charge in [-0.3, -0.25) is 4.99 Å². The van der Waals surface area contributed by atoms with E-state index in [0.717, 1.165) is 18.1 Å². The third kappa shape index (κ3) is 6.72. The van der Waals surface area contributed by atoms with E-state index < -0.39 is 0 Å². The Balaban J connectivity index is 1.76. The van der Waals surface area contributed by atoms with E-state index in [0.29, 0.717) is 31.6 Å². The summed E-state index contributed by atoms with van der Waals surface area (Å²) in [7, 11) is 3.42. The van der Waals surface area contributed by atoms with Gasteiger partial charge in [-0.15, -0.1) is 0 Å². The third-order valence-electron chi connectivity index (χ3n) is 3.96. The van der Waals surface area contributed by atoms with Gasteiger partial charge in [-0.1, -0.05) is 43.3 Å². The molecule has 1 aromatic heterocycles. The SMILES string of the molecule is CN=C(NCc1ccc(OCCOC)nc1)NCC(C)c1ccccc1. The van der Waals surface area contributed by atoms with Crippen molar-refractivity contribution in [3.63, 3.8) is 0 Å². The number of rotatable bonds is 9. The maximum atomic E-state index is 5.46. The zero-order valence-electron chi connectivity index (χ0n) is 15.7. The molecule has 140 valence electrons. The number of nitrogens with zero attached hydrogens (tertiary/aromatic N) is 2. The molecule has 0 aliphatic rings. The molecule has 2 rings (SSSR count). The van der Waals surface area contributed by atoms with Crippen LogP contribution in [-0.4, -0.2) is 44.9 Å². The minimum Gasteiger partial charge on any atom is -0.475 e. The number of aromatic nitrogens is 1. The molecule has 0 fully saturated rings. The van der Waals surface area contributed by atoms with Crippen molar-refractivity contribution in [2.24, 2.45) is 4.99 Å². The van der Waals surface area contributed by atoms with Crippen LogP contribution in [0.3, 0.4) is 0 Å². The highest BCUT2D eigenvalue weighted by molar-refractivity contribution is 5.79. The van der Waals surface area contributed by atoms with Crippen LogP contribution in [0.25, 0.3) is 0 Å². The number of nitrogens with one attached hydrogen (secondary N) is 2. The second-order valence-corrected chi connectivity index (χ2v) is 5.96. The Kier molecular flexibility index (Phi) is 8.42. The summed E-state index contributed by atoms with van der Waals surface area (Å²) >= 11 is 0. The quantitative estimate of drug-likeness (QED) is 0.411. The van der Waals surface area contributed by atoms with Crippen LogP contribution in [0.4, 0.5) is 0 Å². The van der Waals surface area contributed by atoms with Crippen molar-refractivity contribution in [2.75, 3.05) is 33.9 Å². The van der Waals surface area contributed by atoms with Gasteiger partial charge >= 0.3 is 0 Å². The predicted octanol–water partition coefficient (Wildman–Crippen LogP) is 2.58. The van der Waals surface area contributed by atoms with E-state index in [1.54, 1.807) is 20.4 Å². The van der Waals surface area contributed by atoms with Gasteiger partial charge in [0.25, 0.3) is 0 Å². The lowest BCUT2D eigenvalue weighted by atomic mass is 10.0. The topological polar surface area (TPSA) is 67.8 Å². The van der Waals surface area contributed by atoms with Gasteiger partial charge in [-0.2, -0.15) is 0 Å².